The van der Waals surface area contributed by atoms with Crippen LogP contribution in [-0.4, -0.2) is 30.3 Å². The molecule has 0 saturated heterocycles. The summed E-state index contributed by atoms with van der Waals surface area (Å²) < 4.78 is 10.7. The Morgan fingerprint density at radius 1 is 0.649 bits per heavy atom. The Morgan fingerprint density at radius 2 is 1.14 bits per heavy atom. The van der Waals surface area contributed by atoms with Crippen molar-refractivity contribution in [1.29, 1.82) is 0 Å². The van der Waals surface area contributed by atoms with Gasteiger partial charge in [0.05, 0.1) is 0 Å². The number of rotatable bonds is 11. The smallest absolute Gasteiger partial charge is 0.306 e. The van der Waals surface area contributed by atoms with E-state index in [0.29, 0.717) is 22.8 Å². The summed E-state index contributed by atoms with van der Waals surface area (Å²) in [6, 6.07) is 21.2. The molecule has 0 atom stereocenters. The maximum absolute atomic E-state index is 12.2. The molecule has 0 aliphatic rings. The number of aryl methyl sites for hydroxylation is 1. The van der Waals surface area contributed by atoms with E-state index in [-0.39, 0.29) is 31.1 Å². The third-order valence-corrected chi connectivity index (χ3v) is 5.03. The second kappa shape index (κ2) is 13.4. The minimum Gasteiger partial charge on any atom is -0.457 e. The highest BCUT2D eigenvalue weighted by Gasteiger charge is 2.10. The zero-order valence-corrected chi connectivity index (χ0v) is 20.7. The van der Waals surface area contributed by atoms with Crippen molar-refractivity contribution >= 4 is 40.8 Å². The van der Waals surface area contributed by atoms with Crippen LogP contribution in [0.5, 0.6) is 11.5 Å². The van der Waals surface area contributed by atoms with Crippen LogP contribution in [0.2, 0.25) is 0 Å². The molecule has 37 heavy (non-hydrogen) atoms. The van der Waals surface area contributed by atoms with Gasteiger partial charge in [-0.2, -0.15) is 0 Å². The lowest BCUT2D eigenvalue weighted by Gasteiger charge is -2.09. The summed E-state index contributed by atoms with van der Waals surface area (Å²) in [6.45, 7) is 2.97. The highest BCUT2D eigenvalue weighted by atomic mass is 16.5. The molecule has 0 bridgehead atoms. The SMILES string of the molecule is CC(=O)Nc1ccc(NC(=O)COC(=O)CCCC(=O)Nc2ccc(Oc3ccc(C)cc3)cc2)cc1. The Labute approximate surface area is 215 Å². The molecular weight excluding hydrogens is 474 g/mol. The number of benzene rings is 3. The molecule has 3 aromatic carbocycles. The molecule has 0 saturated carbocycles. The molecule has 0 unspecified atom stereocenters. The summed E-state index contributed by atoms with van der Waals surface area (Å²) in [5.41, 5.74) is 2.87. The maximum Gasteiger partial charge on any atom is 0.306 e. The van der Waals surface area contributed by atoms with Crippen LogP contribution in [0, 0.1) is 6.92 Å². The van der Waals surface area contributed by atoms with E-state index in [2.05, 4.69) is 16.0 Å². The Morgan fingerprint density at radius 3 is 1.70 bits per heavy atom. The van der Waals surface area contributed by atoms with Crippen LogP contribution in [-0.2, 0) is 23.9 Å². The quantitative estimate of drug-likeness (QED) is 0.315. The van der Waals surface area contributed by atoms with Crippen molar-refractivity contribution in [3.63, 3.8) is 0 Å². The summed E-state index contributed by atoms with van der Waals surface area (Å²) in [5.74, 6) is -0.116. The minimum absolute atomic E-state index is 0.00937. The van der Waals surface area contributed by atoms with Gasteiger partial charge in [-0.15, -0.1) is 0 Å². The summed E-state index contributed by atoms with van der Waals surface area (Å²) in [5, 5.41) is 7.99. The topological polar surface area (TPSA) is 123 Å². The summed E-state index contributed by atoms with van der Waals surface area (Å²) in [4.78, 5) is 47.1. The molecule has 192 valence electrons. The number of carbonyl (C=O) groups excluding carboxylic acids is 4. The molecule has 3 rings (SSSR count). The lowest BCUT2D eigenvalue weighted by Crippen LogP contribution is -2.21. The van der Waals surface area contributed by atoms with Crippen LogP contribution in [0.25, 0.3) is 0 Å². The average molecular weight is 504 g/mol. The third-order valence-electron chi connectivity index (χ3n) is 5.03. The van der Waals surface area contributed by atoms with Gasteiger partial charge in [0.1, 0.15) is 11.5 Å². The predicted octanol–water partition coefficient (Wildman–Crippen LogP) is 5.04. The molecule has 0 aliphatic carbocycles. The predicted molar refractivity (Wildman–Crippen MR) is 141 cm³/mol. The fourth-order valence-corrected chi connectivity index (χ4v) is 3.22. The second-order valence-electron chi connectivity index (χ2n) is 8.31. The number of hydrogen-bond donors (Lipinski definition) is 3. The normalized spacial score (nSPS) is 10.2. The van der Waals surface area contributed by atoms with E-state index >= 15 is 0 Å². The molecule has 9 heteroatoms. The molecule has 0 heterocycles. The van der Waals surface area contributed by atoms with E-state index in [4.69, 9.17) is 9.47 Å². The lowest BCUT2D eigenvalue weighted by atomic mass is 10.2. The first-order valence-corrected chi connectivity index (χ1v) is 11.7. The summed E-state index contributed by atoms with van der Waals surface area (Å²) in [6.07, 6.45) is 0.421. The van der Waals surface area contributed by atoms with Crippen molar-refractivity contribution in [1.82, 2.24) is 0 Å². The van der Waals surface area contributed by atoms with Crippen LogP contribution in [0.1, 0.15) is 31.7 Å². The van der Waals surface area contributed by atoms with Crippen LogP contribution < -0.4 is 20.7 Å². The maximum atomic E-state index is 12.2. The van der Waals surface area contributed by atoms with E-state index in [1.54, 1.807) is 48.5 Å². The van der Waals surface area contributed by atoms with Crippen LogP contribution >= 0.6 is 0 Å². The molecule has 3 N–H and O–H groups in total. The summed E-state index contributed by atoms with van der Waals surface area (Å²) >= 11 is 0. The van der Waals surface area contributed by atoms with Crippen molar-refractivity contribution in [2.24, 2.45) is 0 Å². The van der Waals surface area contributed by atoms with E-state index < -0.39 is 18.5 Å². The number of amides is 3. The molecule has 3 aromatic rings. The number of nitrogens with one attached hydrogen (secondary N) is 3. The van der Waals surface area contributed by atoms with Gasteiger partial charge in [0.25, 0.3) is 5.91 Å². The lowest BCUT2D eigenvalue weighted by molar-refractivity contribution is -0.147. The van der Waals surface area contributed by atoms with Gasteiger partial charge < -0.3 is 25.4 Å². The largest absolute Gasteiger partial charge is 0.457 e. The molecule has 0 aromatic heterocycles. The first-order chi connectivity index (χ1) is 17.8. The van der Waals surface area contributed by atoms with Crippen LogP contribution in [0.3, 0.4) is 0 Å². The Kier molecular flexibility index (Phi) is 9.78. The van der Waals surface area contributed by atoms with Gasteiger partial charge in [0, 0.05) is 36.8 Å². The van der Waals surface area contributed by atoms with Gasteiger partial charge >= 0.3 is 5.97 Å². The fourth-order valence-electron chi connectivity index (χ4n) is 3.22. The van der Waals surface area contributed by atoms with Crippen molar-refractivity contribution in [3.8, 4) is 11.5 Å². The molecule has 9 nitrogen and oxygen atoms in total. The number of carbonyl (C=O) groups is 4. The van der Waals surface area contributed by atoms with E-state index in [9.17, 15) is 19.2 Å². The van der Waals surface area contributed by atoms with Crippen LogP contribution in [0.15, 0.2) is 72.8 Å². The molecular formula is C28H29N3O6. The Bertz CT molecular complexity index is 1220. The standard InChI is InChI=1S/C28H29N3O6/c1-19-6-14-24(15-7-19)37-25-16-12-23(13-17-25)30-26(33)4-3-5-28(35)36-18-27(34)31-22-10-8-21(9-11-22)29-20(2)32/h6-17H,3-5,18H2,1-2H3,(H,29,32)(H,30,33)(H,31,34). The van der Waals surface area contributed by atoms with E-state index in [1.807, 2.05) is 31.2 Å². The number of ether oxygens (including phenoxy) is 2. The summed E-state index contributed by atoms with van der Waals surface area (Å²) in [7, 11) is 0. The zero-order valence-electron chi connectivity index (χ0n) is 20.7. The molecule has 3 amide bonds. The van der Waals surface area contributed by atoms with Gasteiger partial charge in [-0.1, -0.05) is 17.7 Å². The first-order valence-electron chi connectivity index (χ1n) is 11.7. The first kappa shape index (κ1) is 26.9. The van der Waals surface area contributed by atoms with Gasteiger partial charge in [0.2, 0.25) is 11.8 Å². The van der Waals surface area contributed by atoms with Crippen LogP contribution in [0.4, 0.5) is 17.1 Å². The molecule has 0 fully saturated rings. The molecule has 0 radical (unpaired) electrons. The van der Waals surface area contributed by atoms with E-state index in [1.165, 1.54) is 6.92 Å². The van der Waals surface area contributed by atoms with Gasteiger partial charge in [-0.05, 0) is 74.0 Å². The van der Waals surface area contributed by atoms with Crippen molar-refractivity contribution in [2.75, 3.05) is 22.6 Å². The Hall–Kier alpha value is -4.66. The average Bonchev–Trinajstić information content (AvgIpc) is 2.86. The highest BCUT2D eigenvalue weighted by molar-refractivity contribution is 5.94. The Balaban J connectivity index is 1.31. The van der Waals surface area contributed by atoms with Crippen molar-refractivity contribution in [2.45, 2.75) is 33.1 Å². The molecule has 0 spiro atoms. The van der Waals surface area contributed by atoms with Crippen molar-refractivity contribution in [3.05, 3.63) is 78.4 Å². The number of anilines is 3. The van der Waals surface area contributed by atoms with E-state index in [0.717, 1.165) is 11.3 Å². The number of esters is 1. The minimum atomic E-state index is -0.568. The monoisotopic (exact) mass is 503 g/mol. The van der Waals surface area contributed by atoms with Gasteiger partial charge in [-0.3, -0.25) is 19.2 Å². The number of hydrogen-bond acceptors (Lipinski definition) is 6. The van der Waals surface area contributed by atoms with Crippen molar-refractivity contribution < 1.29 is 28.7 Å². The third kappa shape index (κ3) is 9.85. The highest BCUT2D eigenvalue weighted by Crippen LogP contribution is 2.23. The fraction of sp³-hybridized carbons (Fsp3) is 0.214. The molecule has 0 aliphatic heterocycles. The van der Waals surface area contributed by atoms with Gasteiger partial charge in [0.15, 0.2) is 6.61 Å². The zero-order chi connectivity index (χ0) is 26.6. The second-order valence-corrected chi connectivity index (χ2v) is 8.31. The van der Waals surface area contributed by atoms with Gasteiger partial charge in [-0.25, -0.2) is 0 Å².